The number of nitro benzene ring substituents is 1. The summed E-state index contributed by atoms with van der Waals surface area (Å²) in [7, 11) is 0. The number of nitrogens with one attached hydrogen (secondary N) is 1. The zero-order chi connectivity index (χ0) is 13.8. The Labute approximate surface area is 111 Å². The number of nitrogens with zero attached hydrogens (tertiary/aromatic N) is 2. The number of likely N-dealkylation sites (N-methyl/N-ethyl adjacent to an activating group) is 1. The minimum atomic E-state index is -0.595. The van der Waals surface area contributed by atoms with Crippen LogP contribution in [0.5, 0.6) is 0 Å². The summed E-state index contributed by atoms with van der Waals surface area (Å²) in [6.07, 6.45) is 2.28. The first-order chi connectivity index (χ1) is 9.11. The lowest BCUT2D eigenvalue weighted by atomic mass is 10.2. The highest BCUT2D eigenvalue weighted by Gasteiger charge is 2.22. The minimum absolute atomic E-state index is 0.223. The van der Waals surface area contributed by atoms with Crippen molar-refractivity contribution >= 4 is 11.4 Å². The van der Waals surface area contributed by atoms with Crippen molar-refractivity contribution in [2.24, 2.45) is 0 Å². The van der Waals surface area contributed by atoms with E-state index in [1.54, 1.807) is 0 Å². The largest absolute Gasteiger partial charge is 0.381 e. The first-order valence-electron chi connectivity index (χ1n) is 6.53. The van der Waals surface area contributed by atoms with Gasteiger partial charge in [-0.3, -0.25) is 15.0 Å². The van der Waals surface area contributed by atoms with Gasteiger partial charge in [0.25, 0.3) is 5.69 Å². The molecule has 0 aliphatic carbocycles. The number of halogens is 1. The van der Waals surface area contributed by atoms with Gasteiger partial charge in [0, 0.05) is 18.7 Å². The molecule has 19 heavy (non-hydrogen) atoms. The van der Waals surface area contributed by atoms with Crippen LogP contribution < -0.4 is 5.32 Å². The number of benzene rings is 1. The lowest BCUT2D eigenvalue weighted by Crippen LogP contribution is -2.34. The van der Waals surface area contributed by atoms with Crippen molar-refractivity contribution in [2.45, 2.75) is 25.8 Å². The monoisotopic (exact) mass is 267 g/mol. The number of nitro groups is 1. The maximum absolute atomic E-state index is 13.7. The number of hydrogen-bond acceptors (Lipinski definition) is 4. The van der Waals surface area contributed by atoms with Crippen LogP contribution in [0.15, 0.2) is 18.2 Å². The summed E-state index contributed by atoms with van der Waals surface area (Å²) in [6.45, 7) is 4.87. The van der Waals surface area contributed by atoms with Crippen molar-refractivity contribution in [2.75, 3.05) is 25.0 Å². The molecule has 5 nitrogen and oxygen atoms in total. The Kier molecular flexibility index (Phi) is 4.31. The second kappa shape index (κ2) is 5.97. The number of rotatable bonds is 5. The fourth-order valence-corrected chi connectivity index (χ4v) is 2.53. The third-order valence-corrected chi connectivity index (χ3v) is 3.60. The summed E-state index contributed by atoms with van der Waals surface area (Å²) in [5.74, 6) is -0.574. The standard InChI is InChI=1S/C13H18FN3O2/c1-2-16-7-3-4-11(16)9-15-13-6-5-10(17(18)19)8-12(13)14/h5-6,8,11,15H,2-4,7,9H2,1H3/t11-/m0/s1. The molecule has 0 unspecified atom stereocenters. The van der Waals surface area contributed by atoms with Crippen molar-refractivity contribution < 1.29 is 9.31 Å². The highest BCUT2D eigenvalue weighted by atomic mass is 19.1. The van der Waals surface area contributed by atoms with E-state index >= 15 is 0 Å². The van der Waals surface area contributed by atoms with Gasteiger partial charge in [0.1, 0.15) is 0 Å². The predicted molar refractivity (Wildman–Crippen MR) is 71.8 cm³/mol. The van der Waals surface area contributed by atoms with Crippen LogP contribution in [-0.2, 0) is 0 Å². The van der Waals surface area contributed by atoms with Crippen molar-refractivity contribution in [1.82, 2.24) is 4.90 Å². The third kappa shape index (κ3) is 3.20. The van der Waals surface area contributed by atoms with E-state index in [1.165, 1.54) is 18.6 Å². The molecule has 1 fully saturated rings. The van der Waals surface area contributed by atoms with Gasteiger partial charge in [-0.15, -0.1) is 0 Å². The van der Waals surface area contributed by atoms with Gasteiger partial charge in [0.15, 0.2) is 5.82 Å². The molecule has 1 atom stereocenters. The van der Waals surface area contributed by atoms with Crippen LogP contribution in [0.4, 0.5) is 15.8 Å². The topological polar surface area (TPSA) is 58.4 Å². The SMILES string of the molecule is CCN1CCC[C@H]1CNc1ccc([N+](=O)[O-])cc1F. The molecule has 1 heterocycles. The molecule has 1 N–H and O–H groups in total. The fraction of sp³-hybridized carbons (Fsp3) is 0.538. The molecule has 2 rings (SSSR count). The van der Waals surface area contributed by atoms with Gasteiger partial charge in [-0.2, -0.15) is 0 Å². The van der Waals surface area contributed by atoms with Crippen LogP contribution in [0.1, 0.15) is 19.8 Å². The third-order valence-electron chi connectivity index (χ3n) is 3.60. The molecular weight excluding hydrogens is 249 g/mol. The predicted octanol–water partition coefficient (Wildman–Crippen LogP) is 2.63. The Morgan fingerprint density at radius 2 is 2.37 bits per heavy atom. The van der Waals surface area contributed by atoms with Crippen LogP contribution in [-0.4, -0.2) is 35.5 Å². The molecule has 1 aliphatic heterocycles. The Hall–Kier alpha value is -1.69. The number of hydrogen-bond donors (Lipinski definition) is 1. The quantitative estimate of drug-likeness (QED) is 0.658. The van der Waals surface area contributed by atoms with E-state index in [4.69, 9.17) is 0 Å². The first kappa shape index (κ1) is 13.7. The Bertz CT molecular complexity index is 467. The zero-order valence-corrected chi connectivity index (χ0v) is 10.9. The fourth-order valence-electron chi connectivity index (χ4n) is 2.53. The van der Waals surface area contributed by atoms with Crippen molar-refractivity contribution in [3.8, 4) is 0 Å². The summed E-state index contributed by atoms with van der Waals surface area (Å²) in [5.41, 5.74) is 0.104. The molecule has 0 bridgehead atoms. The first-order valence-corrected chi connectivity index (χ1v) is 6.53. The highest BCUT2D eigenvalue weighted by molar-refractivity contribution is 5.50. The number of anilines is 1. The van der Waals surface area contributed by atoms with Gasteiger partial charge in [0.2, 0.25) is 0 Å². The van der Waals surface area contributed by atoms with Crippen LogP contribution >= 0.6 is 0 Å². The van der Waals surface area contributed by atoms with E-state index in [1.807, 2.05) is 0 Å². The molecule has 1 saturated heterocycles. The molecule has 1 aromatic rings. The number of non-ortho nitro benzene ring substituents is 1. The normalized spacial score (nSPS) is 19.6. The molecule has 0 saturated carbocycles. The van der Waals surface area contributed by atoms with E-state index in [2.05, 4.69) is 17.1 Å². The summed E-state index contributed by atoms with van der Waals surface area (Å²) < 4.78 is 13.7. The van der Waals surface area contributed by atoms with Gasteiger partial charge in [-0.25, -0.2) is 4.39 Å². The molecule has 104 valence electrons. The molecule has 0 spiro atoms. The van der Waals surface area contributed by atoms with E-state index in [0.717, 1.165) is 25.6 Å². The van der Waals surface area contributed by atoms with Crippen molar-refractivity contribution in [3.05, 3.63) is 34.1 Å². The second-order valence-corrected chi connectivity index (χ2v) is 4.73. The van der Waals surface area contributed by atoms with Crippen LogP contribution in [0.2, 0.25) is 0 Å². The molecule has 0 amide bonds. The Morgan fingerprint density at radius 1 is 1.58 bits per heavy atom. The lowest BCUT2D eigenvalue weighted by molar-refractivity contribution is -0.385. The smallest absolute Gasteiger partial charge is 0.272 e. The van der Waals surface area contributed by atoms with Crippen molar-refractivity contribution in [3.63, 3.8) is 0 Å². The van der Waals surface area contributed by atoms with Crippen molar-refractivity contribution in [1.29, 1.82) is 0 Å². The van der Waals surface area contributed by atoms with E-state index in [-0.39, 0.29) is 5.69 Å². The van der Waals surface area contributed by atoms with Gasteiger partial charge in [0.05, 0.1) is 16.7 Å². The summed E-state index contributed by atoms with van der Waals surface area (Å²) >= 11 is 0. The van der Waals surface area contributed by atoms with Crippen LogP contribution in [0.25, 0.3) is 0 Å². The van der Waals surface area contributed by atoms with Gasteiger partial charge in [-0.1, -0.05) is 6.92 Å². The second-order valence-electron chi connectivity index (χ2n) is 4.73. The highest BCUT2D eigenvalue weighted by Crippen LogP contribution is 2.22. The number of likely N-dealkylation sites (tertiary alicyclic amines) is 1. The summed E-state index contributed by atoms with van der Waals surface area (Å²) in [5, 5.41) is 13.6. The van der Waals surface area contributed by atoms with Gasteiger partial charge in [-0.05, 0) is 32.0 Å². The lowest BCUT2D eigenvalue weighted by Gasteiger charge is -2.23. The molecule has 0 radical (unpaired) electrons. The Balaban J connectivity index is 1.98. The molecular formula is C13H18FN3O2. The molecule has 1 aliphatic rings. The van der Waals surface area contributed by atoms with Crippen LogP contribution in [0.3, 0.4) is 0 Å². The van der Waals surface area contributed by atoms with Gasteiger partial charge >= 0.3 is 0 Å². The summed E-state index contributed by atoms with van der Waals surface area (Å²) in [6, 6.07) is 4.12. The van der Waals surface area contributed by atoms with E-state index < -0.39 is 10.7 Å². The maximum atomic E-state index is 13.7. The minimum Gasteiger partial charge on any atom is -0.381 e. The van der Waals surface area contributed by atoms with E-state index in [9.17, 15) is 14.5 Å². The maximum Gasteiger partial charge on any atom is 0.272 e. The molecule has 0 aromatic heterocycles. The van der Waals surface area contributed by atoms with Crippen LogP contribution in [0, 0.1) is 15.9 Å². The average molecular weight is 267 g/mol. The van der Waals surface area contributed by atoms with Gasteiger partial charge < -0.3 is 5.32 Å². The van der Waals surface area contributed by atoms with E-state index in [0.29, 0.717) is 18.3 Å². The Morgan fingerprint density at radius 3 is 3.00 bits per heavy atom. The zero-order valence-electron chi connectivity index (χ0n) is 10.9. The summed E-state index contributed by atoms with van der Waals surface area (Å²) in [4.78, 5) is 12.3. The molecule has 6 heteroatoms. The average Bonchev–Trinajstić information content (AvgIpc) is 2.84. The molecule has 1 aromatic carbocycles.